The molecule has 2 fully saturated rings. The Morgan fingerprint density at radius 1 is 1.12 bits per heavy atom. The maximum Gasteiger partial charge on any atom is 0.337 e. The molecule has 0 radical (unpaired) electrons. The van der Waals surface area contributed by atoms with Gasteiger partial charge in [-0.15, -0.1) is 5.10 Å². The van der Waals surface area contributed by atoms with E-state index in [-0.39, 0.29) is 12.4 Å². The summed E-state index contributed by atoms with van der Waals surface area (Å²) in [4.78, 5) is 12.5. The number of fused-ring (bicyclic) bond motifs is 1. The highest BCUT2D eigenvalue weighted by molar-refractivity contribution is 5.75. The van der Waals surface area contributed by atoms with E-state index >= 15 is 0 Å². The number of rotatable bonds is 5. The van der Waals surface area contributed by atoms with Crippen LogP contribution in [0.15, 0.2) is 60.8 Å². The zero-order chi connectivity index (χ0) is 23.7. The quantitative estimate of drug-likeness (QED) is 0.527. The summed E-state index contributed by atoms with van der Waals surface area (Å²) < 4.78 is 44.3. The minimum Gasteiger partial charge on any atom is -0.467 e. The highest BCUT2D eigenvalue weighted by Crippen LogP contribution is 2.40. The van der Waals surface area contributed by atoms with Crippen molar-refractivity contribution in [2.24, 2.45) is 0 Å². The van der Waals surface area contributed by atoms with Crippen LogP contribution >= 0.6 is 0 Å². The van der Waals surface area contributed by atoms with Gasteiger partial charge in [-0.05, 0) is 12.1 Å². The van der Waals surface area contributed by atoms with Gasteiger partial charge in [-0.2, -0.15) is 0 Å². The SMILES string of the molecule is COC(=O)C1OC2CO[C@@H](c3ccccc3)OC2C(n2cc(-c3cccc(F)c3)nn2)C1OC. The van der Waals surface area contributed by atoms with Crippen molar-refractivity contribution in [2.45, 2.75) is 36.7 Å². The lowest BCUT2D eigenvalue weighted by Crippen LogP contribution is -2.61. The van der Waals surface area contributed by atoms with Gasteiger partial charge in [-0.1, -0.05) is 47.7 Å². The number of ether oxygens (including phenoxy) is 5. The van der Waals surface area contributed by atoms with Gasteiger partial charge in [-0.3, -0.25) is 0 Å². The zero-order valence-corrected chi connectivity index (χ0v) is 18.6. The predicted molar refractivity (Wildman–Crippen MR) is 116 cm³/mol. The van der Waals surface area contributed by atoms with Gasteiger partial charge in [0.2, 0.25) is 0 Å². The Morgan fingerprint density at radius 3 is 2.68 bits per heavy atom. The standard InChI is InChI=1S/C24H24FN3O6/c1-30-21-19(28-12-17(26-27-28)15-9-6-10-16(25)11-15)20-18(33-22(21)23(29)31-2)13-32-24(34-20)14-7-4-3-5-8-14/h3-12,18-22,24H,13H2,1-2H3/t18?,19?,20?,21?,22?,24-/m1/s1. The number of halogens is 1. The predicted octanol–water partition coefficient (Wildman–Crippen LogP) is 2.69. The van der Waals surface area contributed by atoms with Crippen molar-refractivity contribution in [3.8, 4) is 11.3 Å². The molecule has 10 heteroatoms. The van der Waals surface area contributed by atoms with Crippen LogP contribution in [0.1, 0.15) is 17.9 Å². The normalized spacial score (nSPS) is 28.8. The smallest absolute Gasteiger partial charge is 0.337 e. The maximum atomic E-state index is 13.8. The Balaban J connectivity index is 1.52. The summed E-state index contributed by atoms with van der Waals surface area (Å²) in [5.41, 5.74) is 1.89. The van der Waals surface area contributed by atoms with Crippen molar-refractivity contribution >= 4 is 5.97 Å². The largest absolute Gasteiger partial charge is 0.467 e. The lowest BCUT2D eigenvalue weighted by Gasteiger charge is -2.48. The molecule has 0 N–H and O–H groups in total. The van der Waals surface area contributed by atoms with Crippen LogP contribution in [0, 0.1) is 5.82 Å². The number of methoxy groups -OCH3 is 2. The van der Waals surface area contributed by atoms with E-state index in [9.17, 15) is 9.18 Å². The van der Waals surface area contributed by atoms with Gasteiger partial charge in [-0.25, -0.2) is 13.9 Å². The molecule has 9 nitrogen and oxygen atoms in total. The van der Waals surface area contributed by atoms with Crippen molar-refractivity contribution in [3.05, 3.63) is 72.2 Å². The number of aromatic nitrogens is 3. The summed E-state index contributed by atoms with van der Waals surface area (Å²) in [5, 5.41) is 8.51. The van der Waals surface area contributed by atoms with Crippen LogP contribution in [-0.2, 0) is 28.5 Å². The molecule has 0 bridgehead atoms. The molecule has 2 aromatic carbocycles. The van der Waals surface area contributed by atoms with Gasteiger partial charge in [0.05, 0.1) is 19.9 Å². The molecule has 3 heterocycles. The van der Waals surface area contributed by atoms with E-state index in [4.69, 9.17) is 23.7 Å². The van der Waals surface area contributed by atoms with Crippen molar-refractivity contribution in [1.29, 1.82) is 0 Å². The van der Waals surface area contributed by atoms with Gasteiger partial charge >= 0.3 is 5.97 Å². The van der Waals surface area contributed by atoms with Crippen LogP contribution in [0.25, 0.3) is 11.3 Å². The highest BCUT2D eigenvalue weighted by Gasteiger charge is 2.54. The molecule has 3 aromatic rings. The Morgan fingerprint density at radius 2 is 1.94 bits per heavy atom. The van der Waals surface area contributed by atoms with Crippen LogP contribution in [-0.4, -0.2) is 66.2 Å². The Labute approximate surface area is 195 Å². The second-order valence-electron chi connectivity index (χ2n) is 8.08. The highest BCUT2D eigenvalue weighted by atomic mass is 19.1. The second-order valence-corrected chi connectivity index (χ2v) is 8.08. The Hall–Kier alpha value is -3.18. The Kier molecular flexibility index (Phi) is 6.38. The fourth-order valence-corrected chi connectivity index (χ4v) is 4.45. The average molecular weight is 469 g/mol. The molecule has 0 aliphatic carbocycles. The number of carbonyl (C=O) groups excluding carboxylic acids is 1. The first-order chi connectivity index (χ1) is 16.6. The minimum absolute atomic E-state index is 0.191. The molecule has 6 atom stereocenters. The third-order valence-corrected chi connectivity index (χ3v) is 6.07. The molecule has 0 saturated carbocycles. The van der Waals surface area contributed by atoms with Crippen molar-refractivity contribution in [2.75, 3.05) is 20.8 Å². The second kappa shape index (κ2) is 9.59. The van der Waals surface area contributed by atoms with E-state index in [2.05, 4.69) is 10.3 Å². The lowest BCUT2D eigenvalue weighted by atomic mass is 9.91. The topological polar surface area (TPSA) is 93.9 Å². The van der Waals surface area contributed by atoms with Gasteiger partial charge in [0.1, 0.15) is 35.9 Å². The molecule has 0 spiro atoms. The van der Waals surface area contributed by atoms with E-state index in [1.807, 2.05) is 30.3 Å². The molecule has 34 heavy (non-hydrogen) atoms. The average Bonchev–Trinajstić information content (AvgIpc) is 3.37. The number of esters is 1. The lowest BCUT2D eigenvalue weighted by molar-refractivity contribution is -0.316. The summed E-state index contributed by atoms with van der Waals surface area (Å²) in [6, 6.07) is 15.0. The van der Waals surface area contributed by atoms with E-state index in [0.29, 0.717) is 11.3 Å². The zero-order valence-electron chi connectivity index (χ0n) is 18.6. The van der Waals surface area contributed by atoms with Crippen LogP contribution in [0.4, 0.5) is 4.39 Å². The van der Waals surface area contributed by atoms with Crippen molar-refractivity contribution in [1.82, 2.24) is 15.0 Å². The van der Waals surface area contributed by atoms with Crippen LogP contribution in [0.3, 0.4) is 0 Å². The minimum atomic E-state index is -1.02. The third-order valence-electron chi connectivity index (χ3n) is 6.07. The number of carbonyl (C=O) groups is 1. The van der Waals surface area contributed by atoms with Crippen molar-refractivity contribution < 1.29 is 32.9 Å². The Bertz CT molecular complexity index is 1140. The first-order valence-electron chi connectivity index (χ1n) is 10.8. The fourth-order valence-electron chi connectivity index (χ4n) is 4.45. The van der Waals surface area contributed by atoms with Gasteiger partial charge in [0.15, 0.2) is 12.4 Å². The fraction of sp³-hybridized carbons (Fsp3) is 0.375. The molecular formula is C24H24FN3O6. The maximum absolute atomic E-state index is 13.8. The number of hydrogen-bond acceptors (Lipinski definition) is 8. The van der Waals surface area contributed by atoms with E-state index in [0.717, 1.165) is 5.56 Å². The van der Waals surface area contributed by atoms with Gasteiger partial charge in [0.25, 0.3) is 0 Å². The van der Waals surface area contributed by atoms with Crippen LogP contribution in [0.2, 0.25) is 0 Å². The van der Waals surface area contributed by atoms with Crippen LogP contribution in [0.5, 0.6) is 0 Å². The molecule has 0 amide bonds. The molecule has 5 rings (SSSR count). The van der Waals surface area contributed by atoms with Gasteiger partial charge < -0.3 is 23.7 Å². The number of hydrogen-bond donors (Lipinski definition) is 0. The molecule has 178 valence electrons. The summed E-state index contributed by atoms with van der Waals surface area (Å²) in [6.07, 6.45) is -1.92. The first-order valence-corrected chi connectivity index (χ1v) is 10.8. The molecule has 1 aromatic heterocycles. The van der Waals surface area contributed by atoms with Crippen LogP contribution < -0.4 is 0 Å². The number of nitrogens with zero attached hydrogens (tertiary/aromatic N) is 3. The molecular weight excluding hydrogens is 445 g/mol. The van der Waals surface area contributed by atoms with Crippen molar-refractivity contribution in [3.63, 3.8) is 0 Å². The van der Waals surface area contributed by atoms with E-state index in [1.165, 1.54) is 26.4 Å². The summed E-state index contributed by atoms with van der Waals surface area (Å²) >= 11 is 0. The van der Waals surface area contributed by atoms with E-state index in [1.54, 1.807) is 23.0 Å². The number of benzene rings is 2. The summed E-state index contributed by atoms with van der Waals surface area (Å²) in [7, 11) is 2.77. The summed E-state index contributed by atoms with van der Waals surface area (Å²) in [5.74, 6) is -0.955. The first kappa shape index (κ1) is 22.6. The molecule has 2 aliphatic heterocycles. The molecule has 2 aliphatic rings. The molecule has 5 unspecified atom stereocenters. The van der Waals surface area contributed by atoms with Gasteiger partial charge in [0, 0.05) is 18.2 Å². The molecule has 2 saturated heterocycles. The summed E-state index contributed by atoms with van der Waals surface area (Å²) in [6.45, 7) is 0.191. The monoisotopic (exact) mass is 469 g/mol. The van der Waals surface area contributed by atoms with E-state index < -0.39 is 42.7 Å². The third kappa shape index (κ3) is 4.21.